The van der Waals surface area contributed by atoms with Crippen LogP contribution >= 0.6 is 0 Å². The van der Waals surface area contributed by atoms with Crippen LogP contribution in [0, 0.1) is 17.0 Å². The summed E-state index contributed by atoms with van der Waals surface area (Å²) in [5, 5.41) is 41.9. The number of hydrogen-bond acceptors (Lipinski definition) is 7. The summed E-state index contributed by atoms with van der Waals surface area (Å²) in [5.41, 5.74) is 1.12. The first kappa shape index (κ1) is 14.7. The minimum atomic E-state index is -1.19. The molecular weight excluding hydrogens is 268 g/mol. The fourth-order valence-electron chi connectivity index (χ4n) is 2.10. The molecular formula is C12H16N2O6. The van der Waals surface area contributed by atoms with E-state index >= 15 is 0 Å². The van der Waals surface area contributed by atoms with Crippen molar-refractivity contribution in [2.75, 3.05) is 11.9 Å². The molecule has 4 atom stereocenters. The van der Waals surface area contributed by atoms with Crippen molar-refractivity contribution in [3.8, 4) is 0 Å². The first-order chi connectivity index (χ1) is 9.43. The SMILES string of the molecule is Cc1cc([N+](=O)[O-])ccc1N[C@@H]1O[C@H](CO)[C@H](O)[C@H]1O. The van der Waals surface area contributed by atoms with Gasteiger partial charge in [0.15, 0.2) is 6.23 Å². The van der Waals surface area contributed by atoms with Crippen LogP contribution in [0.25, 0.3) is 0 Å². The summed E-state index contributed by atoms with van der Waals surface area (Å²) >= 11 is 0. The van der Waals surface area contributed by atoms with Crippen molar-refractivity contribution in [2.24, 2.45) is 0 Å². The number of nitro benzene ring substituents is 1. The standard InChI is InChI=1S/C12H16N2O6/c1-6-4-7(14(18)19)2-3-8(6)13-12-11(17)10(16)9(5-15)20-12/h2-4,9-13,15-17H,5H2,1H3/t9-,10+,11-,12-/m1/s1. The molecule has 1 aromatic rings. The van der Waals surface area contributed by atoms with Crippen LogP contribution < -0.4 is 5.32 Å². The minimum Gasteiger partial charge on any atom is -0.394 e. The summed E-state index contributed by atoms with van der Waals surface area (Å²) in [7, 11) is 0. The maximum absolute atomic E-state index is 10.6. The van der Waals surface area contributed by atoms with E-state index in [2.05, 4.69) is 5.32 Å². The number of ether oxygens (including phenoxy) is 1. The number of hydrogen-bond donors (Lipinski definition) is 4. The third-order valence-electron chi connectivity index (χ3n) is 3.26. The van der Waals surface area contributed by atoms with Crippen molar-refractivity contribution in [2.45, 2.75) is 31.5 Å². The highest BCUT2D eigenvalue weighted by atomic mass is 16.6. The zero-order valence-electron chi connectivity index (χ0n) is 10.8. The Hall–Kier alpha value is -1.74. The van der Waals surface area contributed by atoms with Gasteiger partial charge in [-0.3, -0.25) is 10.1 Å². The molecule has 8 nitrogen and oxygen atoms in total. The number of aryl methyl sites for hydroxylation is 1. The van der Waals surface area contributed by atoms with Crippen molar-refractivity contribution >= 4 is 11.4 Å². The van der Waals surface area contributed by atoms with Crippen molar-refractivity contribution in [3.05, 3.63) is 33.9 Å². The molecule has 20 heavy (non-hydrogen) atoms. The molecule has 4 N–H and O–H groups in total. The van der Waals surface area contributed by atoms with E-state index in [0.717, 1.165) is 0 Å². The number of benzene rings is 1. The van der Waals surface area contributed by atoms with Crippen LogP contribution in [0.4, 0.5) is 11.4 Å². The summed E-state index contributed by atoms with van der Waals surface area (Å²) in [6.07, 6.45) is -4.12. The number of nitrogens with one attached hydrogen (secondary N) is 1. The molecule has 1 aliphatic heterocycles. The molecule has 0 bridgehead atoms. The molecule has 1 saturated heterocycles. The highest BCUT2D eigenvalue weighted by Gasteiger charge is 2.42. The lowest BCUT2D eigenvalue weighted by Gasteiger charge is -2.19. The number of nitrogens with zero attached hydrogens (tertiary/aromatic N) is 1. The van der Waals surface area contributed by atoms with Gasteiger partial charge in [0.25, 0.3) is 5.69 Å². The van der Waals surface area contributed by atoms with Crippen LogP contribution in [0.15, 0.2) is 18.2 Å². The predicted molar refractivity (Wildman–Crippen MR) is 69.2 cm³/mol. The Bertz CT molecular complexity index is 509. The summed E-state index contributed by atoms with van der Waals surface area (Å²) in [6.45, 7) is 1.27. The van der Waals surface area contributed by atoms with E-state index in [1.54, 1.807) is 6.92 Å². The highest BCUT2D eigenvalue weighted by Crippen LogP contribution is 2.26. The molecule has 8 heteroatoms. The second-order valence-electron chi connectivity index (χ2n) is 4.66. The molecule has 1 aromatic carbocycles. The average molecular weight is 284 g/mol. The Labute approximate surface area is 114 Å². The molecule has 0 aromatic heterocycles. The van der Waals surface area contributed by atoms with Crippen LogP contribution in [0.3, 0.4) is 0 Å². The van der Waals surface area contributed by atoms with Gasteiger partial charge >= 0.3 is 0 Å². The molecule has 1 aliphatic rings. The molecule has 0 saturated carbocycles. The van der Waals surface area contributed by atoms with Gasteiger partial charge in [0.05, 0.1) is 11.5 Å². The van der Waals surface area contributed by atoms with Gasteiger partial charge in [-0.25, -0.2) is 0 Å². The number of aliphatic hydroxyl groups excluding tert-OH is 3. The van der Waals surface area contributed by atoms with Crippen molar-refractivity contribution in [1.82, 2.24) is 0 Å². The number of aliphatic hydroxyl groups is 3. The molecule has 2 rings (SSSR count). The average Bonchev–Trinajstić information content (AvgIpc) is 2.68. The fraction of sp³-hybridized carbons (Fsp3) is 0.500. The van der Waals surface area contributed by atoms with Gasteiger partial charge in [0, 0.05) is 17.8 Å². The smallest absolute Gasteiger partial charge is 0.269 e. The van der Waals surface area contributed by atoms with Crippen LogP contribution in [0.1, 0.15) is 5.56 Å². The lowest BCUT2D eigenvalue weighted by molar-refractivity contribution is -0.384. The van der Waals surface area contributed by atoms with E-state index in [4.69, 9.17) is 9.84 Å². The summed E-state index contributed by atoms with van der Waals surface area (Å²) < 4.78 is 5.28. The molecule has 0 unspecified atom stereocenters. The molecule has 1 heterocycles. The summed E-state index contributed by atoms with van der Waals surface area (Å²) in [5.74, 6) is 0. The Kier molecular flexibility index (Phi) is 4.19. The topological polar surface area (TPSA) is 125 Å². The van der Waals surface area contributed by atoms with Gasteiger partial charge in [-0.1, -0.05) is 0 Å². The van der Waals surface area contributed by atoms with Crippen molar-refractivity contribution < 1.29 is 25.0 Å². The number of non-ortho nitro benzene ring substituents is 1. The van der Waals surface area contributed by atoms with E-state index in [-0.39, 0.29) is 5.69 Å². The van der Waals surface area contributed by atoms with E-state index in [1.807, 2.05) is 0 Å². The maximum Gasteiger partial charge on any atom is 0.269 e. The van der Waals surface area contributed by atoms with Gasteiger partial charge in [0.2, 0.25) is 0 Å². The molecule has 0 spiro atoms. The third-order valence-corrected chi connectivity index (χ3v) is 3.26. The second kappa shape index (κ2) is 5.71. The van der Waals surface area contributed by atoms with Crippen LogP contribution in [0.5, 0.6) is 0 Å². The second-order valence-corrected chi connectivity index (χ2v) is 4.66. The first-order valence-electron chi connectivity index (χ1n) is 6.08. The predicted octanol–water partition coefficient (Wildman–Crippen LogP) is -0.246. The normalized spacial score (nSPS) is 29.4. The Balaban J connectivity index is 2.13. The molecule has 0 aliphatic carbocycles. The largest absolute Gasteiger partial charge is 0.394 e. The quantitative estimate of drug-likeness (QED) is 0.444. The Morgan fingerprint density at radius 1 is 1.40 bits per heavy atom. The molecule has 1 fully saturated rings. The zero-order valence-corrected chi connectivity index (χ0v) is 10.8. The van der Waals surface area contributed by atoms with Crippen molar-refractivity contribution in [3.63, 3.8) is 0 Å². The summed E-state index contributed by atoms with van der Waals surface area (Å²) in [4.78, 5) is 10.1. The third kappa shape index (κ3) is 2.73. The monoisotopic (exact) mass is 284 g/mol. The van der Waals surface area contributed by atoms with Crippen molar-refractivity contribution in [1.29, 1.82) is 0 Å². The number of anilines is 1. The summed E-state index contributed by atoms with van der Waals surface area (Å²) in [6, 6.07) is 4.22. The molecule has 0 radical (unpaired) electrons. The van der Waals surface area contributed by atoms with Gasteiger partial charge in [-0.05, 0) is 18.6 Å². The Morgan fingerprint density at radius 3 is 2.60 bits per heavy atom. The lowest BCUT2D eigenvalue weighted by Crippen LogP contribution is -2.36. The molecule has 0 amide bonds. The number of rotatable bonds is 4. The van der Waals surface area contributed by atoms with Crippen LogP contribution in [0.2, 0.25) is 0 Å². The molecule has 110 valence electrons. The van der Waals surface area contributed by atoms with E-state index in [1.165, 1.54) is 18.2 Å². The minimum absolute atomic E-state index is 0.0331. The van der Waals surface area contributed by atoms with Crippen LogP contribution in [-0.2, 0) is 4.74 Å². The maximum atomic E-state index is 10.6. The number of nitro groups is 1. The zero-order chi connectivity index (χ0) is 14.9. The van der Waals surface area contributed by atoms with E-state index in [0.29, 0.717) is 11.3 Å². The van der Waals surface area contributed by atoms with Crippen LogP contribution in [-0.4, -0.2) is 51.4 Å². The van der Waals surface area contributed by atoms with Gasteiger partial charge in [-0.2, -0.15) is 0 Å². The Morgan fingerprint density at radius 2 is 2.10 bits per heavy atom. The van der Waals surface area contributed by atoms with Gasteiger partial charge < -0.3 is 25.4 Å². The van der Waals surface area contributed by atoms with Gasteiger partial charge in [-0.15, -0.1) is 0 Å². The van der Waals surface area contributed by atoms with E-state index in [9.17, 15) is 20.3 Å². The first-order valence-corrected chi connectivity index (χ1v) is 6.08. The lowest BCUT2D eigenvalue weighted by atomic mass is 10.1. The van der Waals surface area contributed by atoms with E-state index < -0.39 is 36.1 Å². The highest BCUT2D eigenvalue weighted by molar-refractivity contribution is 5.55. The fourth-order valence-corrected chi connectivity index (χ4v) is 2.10. The van der Waals surface area contributed by atoms with Gasteiger partial charge in [0.1, 0.15) is 18.3 Å².